The van der Waals surface area contributed by atoms with Crippen LogP contribution in [0.4, 0.5) is 0 Å². The van der Waals surface area contributed by atoms with E-state index in [0.717, 1.165) is 11.1 Å². The van der Waals surface area contributed by atoms with E-state index in [1.807, 2.05) is 6.07 Å². The Morgan fingerprint density at radius 2 is 1.90 bits per heavy atom. The molecule has 0 fully saturated rings. The number of aryl methyl sites for hydroxylation is 1. The highest BCUT2D eigenvalue weighted by atomic mass is 32.1. The van der Waals surface area contributed by atoms with Gasteiger partial charge in [0.2, 0.25) is 0 Å². The summed E-state index contributed by atoms with van der Waals surface area (Å²) in [6, 6.07) is 7.04. The Bertz CT molecular complexity index is 648. The number of phenols is 1. The average Bonchev–Trinajstić information content (AvgIpc) is 2.86. The number of carbonyl (C=O) groups excluding carboxylic acids is 1. The maximum atomic E-state index is 12.1. The summed E-state index contributed by atoms with van der Waals surface area (Å²) < 4.78 is 0. The SMILES string of the molecule is Cc1ccsc1C(=O)N[C@H](Cc1ccc(O)cc1)C(=O)O. The van der Waals surface area contributed by atoms with Gasteiger partial charge in [-0.05, 0) is 41.6 Å². The van der Waals surface area contributed by atoms with Gasteiger partial charge < -0.3 is 15.5 Å². The molecule has 0 bridgehead atoms. The van der Waals surface area contributed by atoms with Gasteiger partial charge in [-0.2, -0.15) is 0 Å². The standard InChI is InChI=1S/C15H15NO4S/c1-9-6-7-21-13(9)14(18)16-12(15(19)20)8-10-2-4-11(17)5-3-10/h2-7,12,17H,8H2,1H3,(H,16,18)(H,19,20)/t12-/m1/s1. The lowest BCUT2D eigenvalue weighted by Crippen LogP contribution is -2.42. The van der Waals surface area contributed by atoms with Gasteiger partial charge in [0.1, 0.15) is 11.8 Å². The number of aromatic hydroxyl groups is 1. The van der Waals surface area contributed by atoms with Gasteiger partial charge in [-0.1, -0.05) is 12.1 Å². The van der Waals surface area contributed by atoms with Crippen LogP contribution >= 0.6 is 11.3 Å². The van der Waals surface area contributed by atoms with Crippen LogP contribution in [0.1, 0.15) is 20.8 Å². The van der Waals surface area contributed by atoms with Gasteiger partial charge in [-0.15, -0.1) is 11.3 Å². The second-order valence-electron chi connectivity index (χ2n) is 4.67. The van der Waals surface area contributed by atoms with Crippen LogP contribution in [0.25, 0.3) is 0 Å². The number of rotatable bonds is 5. The van der Waals surface area contributed by atoms with Gasteiger partial charge in [0.15, 0.2) is 0 Å². The Kier molecular flexibility index (Phi) is 4.59. The normalized spacial score (nSPS) is 11.9. The van der Waals surface area contributed by atoms with E-state index in [1.165, 1.54) is 23.5 Å². The van der Waals surface area contributed by atoms with Crippen molar-refractivity contribution in [1.82, 2.24) is 5.32 Å². The molecule has 0 aliphatic carbocycles. The van der Waals surface area contributed by atoms with E-state index in [1.54, 1.807) is 24.4 Å². The summed E-state index contributed by atoms with van der Waals surface area (Å²) in [4.78, 5) is 23.9. The quantitative estimate of drug-likeness (QED) is 0.790. The molecule has 2 aromatic rings. The first-order chi connectivity index (χ1) is 9.97. The molecule has 0 unspecified atom stereocenters. The molecule has 1 heterocycles. The highest BCUT2D eigenvalue weighted by Gasteiger charge is 2.22. The van der Waals surface area contributed by atoms with Crippen molar-refractivity contribution in [2.24, 2.45) is 0 Å². The minimum Gasteiger partial charge on any atom is -0.508 e. The summed E-state index contributed by atoms with van der Waals surface area (Å²) >= 11 is 1.28. The molecule has 21 heavy (non-hydrogen) atoms. The molecule has 1 aromatic heterocycles. The predicted molar refractivity (Wildman–Crippen MR) is 79.8 cm³/mol. The first-order valence-corrected chi connectivity index (χ1v) is 7.21. The lowest BCUT2D eigenvalue weighted by atomic mass is 10.1. The maximum Gasteiger partial charge on any atom is 0.326 e. The Hall–Kier alpha value is -2.34. The van der Waals surface area contributed by atoms with E-state index in [9.17, 15) is 19.8 Å². The number of benzene rings is 1. The molecule has 3 N–H and O–H groups in total. The smallest absolute Gasteiger partial charge is 0.326 e. The molecular weight excluding hydrogens is 290 g/mol. The van der Waals surface area contributed by atoms with Crippen LogP contribution in [0.5, 0.6) is 5.75 Å². The van der Waals surface area contributed by atoms with Crippen LogP contribution < -0.4 is 5.32 Å². The molecule has 6 heteroatoms. The molecule has 110 valence electrons. The molecule has 2 rings (SSSR count). The molecule has 0 spiro atoms. The zero-order chi connectivity index (χ0) is 15.4. The highest BCUT2D eigenvalue weighted by Crippen LogP contribution is 2.16. The zero-order valence-electron chi connectivity index (χ0n) is 11.4. The Labute approximate surface area is 125 Å². The second kappa shape index (κ2) is 6.41. The summed E-state index contributed by atoms with van der Waals surface area (Å²) in [7, 11) is 0. The van der Waals surface area contributed by atoms with Crippen molar-refractivity contribution in [3.05, 3.63) is 51.7 Å². The van der Waals surface area contributed by atoms with E-state index in [2.05, 4.69) is 5.32 Å². The van der Waals surface area contributed by atoms with E-state index in [-0.39, 0.29) is 18.1 Å². The minimum absolute atomic E-state index is 0.115. The molecule has 0 saturated carbocycles. The largest absolute Gasteiger partial charge is 0.508 e. The number of nitrogens with one attached hydrogen (secondary N) is 1. The molecular formula is C15H15NO4S. The van der Waals surface area contributed by atoms with E-state index in [4.69, 9.17) is 0 Å². The van der Waals surface area contributed by atoms with Crippen molar-refractivity contribution in [3.8, 4) is 5.75 Å². The van der Waals surface area contributed by atoms with Crippen LogP contribution in [0.3, 0.4) is 0 Å². The first kappa shape index (κ1) is 15.1. The Morgan fingerprint density at radius 1 is 1.24 bits per heavy atom. The fraction of sp³-hybridized carbons (Fsp3) is 0.200. The number of carbonyl (C=O) groups is 2. The van der Waals surface area contributed by atoms with Gasteiger partial charge in [0.05, 0.1) is 4.88 Å². The molecule has 5 nitrogen and oxygen atoms in total. The van der Waals surface area contributed by atoms with Crippen molar-refractivity contribution < 1.29 is 19.8 Å². The van der Waals surface area contributed by atoms with Crippen LogP contribution in [-0.4, -0.2) is 28.1 Å². The molecule has 0 aliphatic heterocycles. The third-order valence-electron chi connectivity index (χ3n) is 3.05. The average molecular weight is 305 g/mol. The minimum atomic E-state index is -1.09. The molecule has 1 aromatic carbocycles. The van der Waals surface area contributed by atoms with Crippen LogP contribution in [0.2, 0.25) is 0 Å². The predicted octanol–water partition coefficient (Wildman–Crippen LogP) is 2.19. The molecule has 0 radical (unpaired) electrons. The number of hydrogen-bond acceptors (Lipinski definition) is 4. The van der Waals surface area contributed by atoms with Gasteiger partial charge in [0.25, 0.3) is 5.91 Å². The highest BCUT2D eigenvalue weighted by molar-refractivity contribution is 7.12. The number of carboxylic acids is 1. The summed E-state index contributed by atoms with van der Waals surface area (Å²) in [5.41, 5.74) is 1.55. The lowest BCUT2D eigenvalue weighted by Gasteiger charge is -2.14. The summed E-state index contributed by atoms with van der Waals surface area (Å²) in [5, 5.41) is 22.8. The second-order valence-corrected chi connectivity index (χ2v) is 5.58. The fourth-order valence-electron chi connectivity index (χ4n) is 1.90. The summed E-state index contributed by atoms with van der Waals surface area (Å²) in [5.74, 6) is -1.36. The number of amides is 1. The number of hydrogen-bond donors (Lipinski definition) is 3. The van der Waals surface area contributed by atoms with Crippen LogP contribution in [0, 0.1) is 6.92 Å². The van der Waals surface area contributed by atoms with E-state index >= 15 is 0 Å². The zero-order valence-corrected chi connectivity index (χ0v) is 12.2. The lowest BCUT2D eigenvalue weighted by molar-refractivity contribution is -0.139. The van der Waals surface area contributed by atoms with Crippen LogP contribution in [-0.2, 0) is 11.2 Å². The number of carboxylic acid groups (broad SMARTS) is 1. The van der Waals surface area contributed by atoms with E-state index in [0.29, 0.717) is 4.88 Å². The van der Waals surface area contributed by atoms with Gasteiger partial charge in [0, 0.05) is 6.42 Å². The summed E-state index contributed by atoms with van der Waals surface area (Å²) in [6.45, 7) is 1.81. The van der Waals surface area contributed by atoms with Gasteiger partial charge >= 0.3 is 5.97 Å². The number of aliphatic carboxylic acids is 1. The Balaban J connectivity index is 2.09. The molecule has 0 aliphatic rings. The Morgan fingerprint density at radius 3 is 2.43 bits per heavy atom. The number of phenolic OH excluding ortho intramolecular Hbond substituents is 1. The third kappa shape index (κ3) is 3.82. The first-order valence-electron chi connectivity index (χ1n) is 6.33. The maximum absolute atomic E-state index is 12.1. The topological polar surface area (TPSA) is 86.6 Å². The van der Waals surface area contributed by atoms with Crippen LogP contribution in [0.15, 0.2) is 35.7 Å². The monoisotopic (exact) mass is 305 g/mol. The summed E-state index contributed by atoms with van der Waals surface area (Å²) in [6.07, 6.45) is 0.159. The van der Waals surface area contributed by atoms with Crippen molar-refractivity contribution >= 4 is 23.2 Å². The molecule has 1 amide bonds. The van der Waals surface area contributed by atoms with Gasteiger partial charge in [-0.3, -0.25) is 4.79 Å². The molecule has 0 saturated heterocycles. The van der Waals surface area contributed by atoms with E-state index < -0.39 is 12.0 Å². The number of thiophene rings is 1. The van der Waals surface area contributed by atoms with Crippen molar-refractivity contribution in [1.29, 1.82) is 0 Å². The molecule has 1 atom stereocenters. The third-order valence-corrected chi connectivity index (χ3v) is 4.06. The van der Waals surface area contributed by atoms with Crippen molar-refractivity contribution in [3.63, 3.8) is 0 Å². The van der Waals surface area contributed by atoms with Crippen molar-refractivity contribution in [2.75, 3.05) is 0 Å². The fourth-order valence-corrected chi connectivity index (χ4v) is 2.73. The van der Waals surface area contributed by atoms with Crippen molar-refractivity contribution in [2.45, 2.75) is 19.4 Å². The van der Waals surface area contributed by atoms with Gasteiger partial charge in [-0.25, -0.2) is 4.79 Å².